The maximum absolute atomic E-state index is 11.7. The van der Waals surface area contributed by atoms with Gasteiger partial charge in [-0.3, -0.25) is 14.9 Å². The number of ether oxygens (including phenoxy) is 1. The number of rotatable bonds is 7. The van der Waals surface area contributed by atoms with Gasteiger partial charge in [0.25, 0.3) is 5.91 Å². The molecule has 1 aromatic carbocycles. The Morgan fingerprint density at radius 3 is 2.88 bits per heavy atom. The number of para-hydroxylation sites is 2. The number of hydrazone groups is 1. The minimum atomic E-state index is -0.508. The van der Waals surface area contributed by atoms with Crippen LogP contribution >= 0.6 is 11.3 Å². The summed E-state index contributed by atoms with van der Waals surface area (Å²) in [6.07, 6.45) is 1.36. The normalized spacial score (nSPS) is 10.8. The second kappa shape index (κ2) is 8.08. The van der Waals surface area contributed by atoms with E-state index >= 15 is 0 Å². The Labute approximate surface area is 151 Å². The maximum atomic E-state index is 11.7. The van der Waals surface area contributed by atoms with Gasteiger partial charge in [0, 0.05) is 6.07 Å². The van der Waals surface area contributed by atoms with E-state index in [0.29, 0.717) is 16.4 Å². The van der Waals surface area contributed by atoms with Crippen molar-refractivity contribution in [3.05, 3.63) is 80.4 Å². The second-order valence-corrected chi connectivity index (χ2v) is 5.94. The lowest BCUT2D eigenvalue weighted by Crippen LogP contribution is -2.15. The van der Waals surface area contributed by atoms with E-state index in [1.54, 1.807) is 41.8 Å². The number of nitrogens with zero attached hydrogens (tertiary/aromatic N) is 2. The number of benzene rings is 1. The average Bonchev–Trinajstić information content (AvgIpc) is 3.32. The zero-order valence-electron chi connectivity index (χ0n) is 13.3. The molecule has 0 saturated heterocycles. The lowest BCUT2D eigenvalue weighted by Gasteiger charge is -2.04. The van der Waals surface area contributed by atoms with Gasteiger partial charge in [0.05, 0.1) is 16.0 Å². The van der Waals surface area contributed by atoms with E-state index in [-0.39, 0.29) is 24.0 Å². The summed E-state index contributed by atoms with van der Waals surface area (Å²) in [6, 6.07) is 12.9. The lowest BCUT2D eigenvalue weighted by atomic mass is 10.3. The molecule has 1 amide bonds. The number of amides is 1. The van der Waals surface area contributed by atoms with Crippen molar-refractivity contribution in [1.82, 2.24) is 5.43 Å². The van der Waals surface area contributed by atoms with Gasteiger partial charge in [-0.1, -0.05) is 18.2 Å². The van der Waals surface area contributed by atoms with Gasteiger partial charge >= 0.3 is 5.69 Å². The summed E-state index contributed by atoms with van der Waals surface area (Å²) >= 11 is 1.32. The molecule has 2 aromatic heterocycles. The molecule has 0 aliphatic carbocycles. The number of nitrogens with one attached hydrogen (secondary N) is 1. The number of nitro groups is 1. The minimum absolute atomic E-state index is 0.0280. The first-order chi connectivity index (χ1) is 12.6. The highest BCUT2D eigenvalue weighted by Gasteiger charge is 2.14. The van der Waals surface area contributed by atoms with Gasteiger partial charge in [-0.2, -0.15) is 5.10 Å². The van der Waals surface area contributed by atoms with E-state index in [0.717, 1.165) is 0 Å². The van der Waals surface area contributed by atoms with Crippen LogP contribution in [0.3, 0.4) is 0 Å². The molecule has 0 fully saturated rings. The summed E-state index contributed by atoms with van der Waals surface area (Å²) in [5, 5.41) is 16.6. The van der Waals surface area contributed by atoms with Gasteiger partial charge < -0.3 is 9.15 Å². The first-order valence-electron chi connectivity index (χ1n) is 7.45. The van der Waals surface area contributed by atoms with Crippen molar-refractivity contribution in [2.45, 2.75) is 6.61 Å². The summed E-state index contributed by atoms with van der Waals surface area (Å²) in [4.78, 5) is 22.7. The summed E-state index contributed by atoms with van der Waals surface area (Å²) in [5.41, 5.74) is 2.28. The van der Waals surface area contributed by atoms with Crippen LogP contribution in [-0.2, 0) is 6.61 Å². The van der Waals surface area contributed by atoms with Crippen molar-refractivity contribution < 1.29 is 18.9 Å². The molecule has 9 heteroatoms. The zero-order chi connectivity index (χ0) is 18.4. The van der Waals surface area contributed by atoms with Crippen LogP contribution in [-0.4, -0.2) is 17.0 Å². The van der Waals surface area contributed by atoms with Crippen LogP contribution in [0.2, 0.25) is 0 Å². The third-order valence-electron chi connectivity index (χ3n) is 3.22. The second-order valence-electron chi connectivity index (χ2n) is 4.99. The maximum Gasteiger partial charge on any atom is 0.310 e. The van der Waals surface area contributed by atoms with Crippen molar-refractivity contribution >= 4 is 29.1 Å². The molecule has 132 valence electrons. The molecular formula is C17H13N3O5S. The van der Waals surface area contributed by atoms with Gasteiger partial charge in [-0.25, -0.2) is 5.43 Å². The van der Waals surface area contributed by atoms with Gasteiger partial charge in [-0.05, 0) is 29.6 Å². The van der Waals surface area contributed by atoms with E-state index in [1.165, 1.54) is 29.7 Å². The van der Waals surface area contributed by atoms with E-state index in [4.69, 9.17) is 9.15 Å². The molecule has 2 heterocycles. The predicted octanol–water partition coefficient (Wildman–Crippen LogP) is 3.59. The van der Waals surface area contributed by atoms with E-state index < -0.39 is 4.92 Å². The fraction of sp³-hybridized carbons (Fsp3) is 0.0588. The topological polar surface area (TPSA) is 107 Å². The van der Waals surface area contributed by atoms with Gasteiger partial charge in [0.1, 0.15) is 18.1 Å². The van der Waals surface area contributed by atoms with Crippen molar-refractivity contribution in [2.75, 3.05) is 0 Å². The SMILES string of the molecule is O=C(N/N=C\c1ccc(COc2ccccc2[N+](=O)[O-])o1)c1cccs1. The molecule has 0 saturated carbocycles. The fourth-order valence-corrected chi connectivity index (χ4v) is 2.65. The van der Waals surface area contributed by atoms with Gasteiger partial charge in [-0.15, -0.1) is 11.3 Å². The van der Waals surface area contributed by atoms with Crippen LogP contribution < -0.4 is 10.2 Å². The quantitative estimate of drug-likeness (QED) is 0.388. The highest BCUT2D eigenvalue weighted by Crippen LogP contribution is 2.26. The molecule has 0 aliphatic heterocycles. The molecule has 0 aliphatic rings. The molecule has 8 nitrogen and oxygen atoms in total. The number of carbonyl (C=O) groups excluding carboxylic acids is 1. The Bertz CT molecular complexity index is 934. The van der Waals surface area contributed by atoms with Crippen molar-refractivity contribution in [3.63, 3.8) is 0 Å². The van der Waals surface area contributed by atoms with Crippen LogP contribution in [0.5, 0.6) is 5.75 Å². The van der Waals surface area contributed by atoms with Crippen molar-refractivity contribution in [3.8, 4) is 5.75 Å². The summed E-state index contributed by atoms with van der Waals surface area (Å²) in [7, 11) is 0. The Morgan fingerprint density at radius 2 is 2.12 bits per heavy atom. The lowest BCUT2D eigenvalue weighted by molar-refractivity contribution is -0.386. The summed E-state index contributed by atoms with van der Waals surface area (Å²) in [5.74, 6) is 0.738. The van der Waals surface area contributed by atoms with E-state index in [1.807, 2.05) is 0 Å². The van der Waals surface area contributed by atoms with Crippen LogP contribution in [0.4, 0.5) is 5.69 Å². The molecule has 0 unspecified atom stereocenters. The molecule has 1 N–H and O–H groups in total. The van der Waals surface area contributed by atoms with Gasteiger partial charge in [0.2, 0.25) is 0 Å². The molecule has 0 spiro atoms. The predicted molar refractivity (Wildman–Crippen MR) is 95.5 cm³/mol. The summed E-state index contributed by atoms with van der Waals surface area (Å²) < 4.78 is 10.9. The highest BCUT2D eigenvalue weighted by atomic mass is 32.1. The first-order valence-corrected chi connectivity index (χ1v) is 8.33. The van der Waals surface area contributed by atoms with Crippen LogP contribution in [0.25, 0.3) is 0 Å². The summed E-state index contributed by atoms with van der Waals surface area (Å²) in [6.45, 7) is 0.0280. The number of hydrogen-bond acceptors (Lipinski definition) is 7. The third kappa shape index (κ3) is 4.33. The monoisotopic (exact) mass is 371 g/mol. The molecule has 0 bridgehead atoms. The minimum Gasteiger partial charge on any atom is -0.479 e. The van der Waals surface area contributed by atoms with E-state index in [2.05, 4.69) is 10.5 Å². The Kier molecular flexibility index (Phi) is 5.40. The molecular weight excluding hydrogens is 358 g/mol. The molecule has 26 heavy (non-hydrogen) atoms. The van der Waals surface area contributed by atoms with E-state index in [9.17, 15) is 14.9 Å². The average molecular weight is 371 g/mol. The number of nitro benzene ring substituents is 1. The smallest absolute Gasteiger partial charge is 0.310 e. The van der Waals surface area contributed by atoms with Crippen LogP contribution in [0.1, 0.15) is 21.2 Å². The third-order valence-corrected chi connectivity index (χ3v) is 4.09. The first kappa shape index (κ1) is 17.4. The molecule has 3 aromatic rings. The number of carbonyl (C=O) groups is 1. The van der Waals surface area contributed by atoms with Crippen molar-refractivity contribution in [2.24, 2.45) is 5.10 Å². The molecule has 3 rings (SSSR count). The Balaban J connectivity index is 1.56. The number of thiophene rings is 1. The standard InChI is InChI=1S/C17H13N3O5S/c21-17(16-6-3-9-26-16)19-18-10-12-7-8-13(25-12)11-24-15-5-2-1-4-14(15)20(22)23/h1-10H,11H2,(H,19,21)/b18-10-. The zero-order valence-corrected chi connectivity index (χ0v) is 14.1. The van der Waals surface area contributed by atoms with Crippen LogP contribution in [0.15, 0.2) is 63.4 Å². The van der Waals surface area contributed by atoms with Crippen molar-refractivity contribution in [1.29, 1.82) is 0 Å². The Hall–Kier alpha value is -3.46. The fourth-order valence-electron chi connectivity index (χ4n) is 2.04. The molecule has 0 atom stereocenters. The largest absolute Gasteiger partial charge is 0.479 e. The Morgan fingerprint density at radius 1 is 1.27 bits per heavy atom. The van der Waals surface area contributed by atoms with Crippen LogP contribution in [0, 0.1) is 10.1 Å². The van der Waals surface area contributed by atoms with Gasteiger partial charge in [0.15, 0.2) is 5.75 Å². The highest BCUT2D eigenvalue weighted by molar-refractivity contribution is 7.12. The number of furan rings is 1. The number of hydrogen-bond donors (Lipinski definition) is 1. The molecule has 0 radical (unpaired) electrons.